The highest BCUT2D eigenvalue weighted by molar-refractivity contribution is 5.71. The summed E-state index contributed by atoms with van der Waals surface area (Å²) in [7, 11) is 0. The van der Waals surface area contributed by atoms with E-state index < -0.39 is 5.97 Å². The van der Waals surface area contributed by atoms with Crippen LogP contribution in [0.4, 0.5) is 0 Å². The number of rotatable bonds is 3. The van der Waals surface area contributed by atoms with Gasteiger partial charge in [-0.1, -0.05) is 24.3 Å². The molecule has 0 aromatic rings. The summed E-state index contributed by atoms with van der Waals surface area (Å²) in [5, 5.41) is 9.23. The Morgan fingerprint density at radius 2 is 1.64 bits per heavy atom. The van der Waals surface area contributed by atoms with Gasteiger partial charge in [-0.15, -0.1) is 0 Å². The van der Waals surface area contributed by atoms with Crippen LogP contribution in [0.3, 0.4) is 0 Å². The number of hydrogen-bond donors (Lipinski definition) is 1. The smallest absolute Gasteiger partial charge is 0.307 e. The van der Waals surface area contributed by atoms with Crippen molar-refractivity contribution in [2.24, 2.45) is 17.8 Å². The number of carbonyl (C=O) groups is 1. The molecule has 2 nitrogen and oxygen atoms in total. The maximum Gasteiger partial charge on any atom is 0.307 e. The summed E-state index contributed by atoms with van der Waals surface area (Å²) in [5.41, 5.74) is 0. The van der Waals surface area contributed by atoms with E-state index in [0.29, 0.717) is 0 Å². The van der Waals surface area contributed by atoms with Gasteiger partial charge >= 0.3 is 5.97 Å². The highest BCUT2D eigenvalue weighted by Gasteiger charge is 2.34. The lowest BCUT2D eigenvalue weighted by molar-refractivity contribution is -0.144. The molecule has 2 atom stereocenters. The predicted octanol–water partition coefficient (Wildman–Crippen LogP) is 2.62. The molecule has 2 unspecified atom stereocenters. The quantitative estimate of drug-likeness (QED) is 0.698. The van der Waals surface area contributed by atoms with E-state index in [0.717, 1.165) is 25.7 Å². The van der Waals surface area contributed by atoms with Gasteiger partial charge in [-0.2, -0.15) is 0 Å². The van der Waals surface area contributed by atoms with Crippen molar-refractivity contribution in [2.45, 2.75) is 25.7 Å². The summed E-state index contributed by atoms with van der Waals surface area (Å²) in [6.45, 7) is 0. The van der Waals surface area contributed by atoms with E-state index in [-0.39, 0.29) is 17.8 Å². The van der Waals surface area contributed by atoms with Crippen LogP contribution in [0.2, 0.25) is 0 Å². The highest BCUT2D eigenvalue weighted by atomic mass is 16.4. The predicted molar refractivity (Wildman–Crippen MR) is 54.9 cm³/mol. The first-order valence-electron chi connectivity index (χ1n) is 5.35. The summed E-state index contributed by atoms with van der Waals surface area (Å²) < 4.78 is 0. The van der Waals surface area contributed by atoms with Crippen molar-refractivity contribution < 1.29 is 9.90 Å². The van der Waals surface area contributed by atoms with Gasteiger partial charge in [0, 0.05) is 0 Å². The zero-order valence-electron chi connectivity index (χ0n) is 8.23. The van der Waals surface area contributed by atoms with Crippen LogP contribution in [0.25, 0.3) is 0 Å². The van der Waals surface area contributed by atoms with E-state index in [9.17, 15) is 9.90 Å². The zero-order chi connectivity index (χ0) is 9.97. The molecule has 14 heavy (non-hydrogen) atoms. The van der Waals surface area contributed by atoms with Crippen LogP contribution in [-0.4, -0.2) is 11.1 Å². The van der Waals surface area contributed by atoms with Crippen molar-refractivity contribution in [3.05, 3.63) is 24.3 Å². The molecule has 0 amide bonds. The van der Waals surface area contributed by atoms with Crippen molar-refractivity contribution in [1.82, 2.24) is 0 Å². The maximum atomic E-state index is 11.2. The average Bonchev–Trinajstić information content (AvgIpc) is 2.75. The molecule has 0 aromatic heterocycles. The molecule has 0 fully saturated rings. The first kappa shape index (κ1) is 9.50. The lowest BCUT2D eigenvalue weighted by atomic mass is 9.81. The molecule has 0 spiro atoms. The summed E-state index contributed by atoms with van der Waals surface area (Å²) >= 11 is 0. The third kappa shape index (κ3) is 1.74. The fraction of sp³-hybridized carbons (Fsp3) is 0.583. The van der Waals surface area contributed by atoms with Gasteiger partial charge < -0.3 is 5.11 Å². The molecule has 0 saturated carbocycles. The lowest BCUT2D eigenvalue weighted by Gasteiger charge is -2.23. The molecule has 0 bridgehead atoms. The molecule has 0 heterocycles. The normalized spacial score (nSPS) is 32.3. The van der Waals surface area contributed by atoms with E-state index >= 15 is 0 Å². The Kier molecular flexibility index (Phi) is 2.71. The Labute approximate surface area is 84.3 Å². The van der Waals surface area contributed by atoms with Crippen LogP contribution in [0.5, 0.6) is 0 Å². The topological polar surface area (TPSA) is 37.3 Å². The van der Waals surface area contributed by atoms with Gasteiger partial charge in [0.25, 0.3) is 0 Å². The number of carboxylic acid groups (broad SMARTS) is 1. The molecule has 0 aromatic carbocycles. The molecule has 2 rings (SSSR count). The minimum Gasteiger partial charge on any atom is -0.481 e. The van der Waals surface area contributed by atoms with Gasteiger partial charge in [-0.05, 0) is 37.5 Å². The summed E-state index contributed by atoms with van der Waals surface area (Å²) in [6.07, 6.45) is 12.5. The van der Waals surface area contributed by atoms with Gasteiger partial charge in [0.1, 0.15) is 0 Å². The van der Waals surface area contributed by atoms with Gasteiger partial charge in [0.2, 0.25) is 0 Å². The third-order valence-electron chi connectivity index (χ3n) is 3.31. The second kappa shape index (κ2) is 3.99. The Morgan fingerprint density at radius 3 is 1.93 bits per heavy atom. The van der Waals surface area contributed by atoms with Crippen molar-refractivity contribution in [2.75, 3.05) is 0 Å². The Morgan fingerprint density at radius 1 is 1.14 bits per heavy atom. The van der Waals surface area contributed by atoms with Crippen molar-refractivity contribution in [3.63, 3.8) is 0 Å². The standard InChI is InChI=1S/C12H16O2/c13-12(14)11(9-5-1-2-6-9)10-7-3-4-8-10/h1,3,5,7,9-11H,2,4,6,8H2,(H,13,14). The third-order valence-corrected chi connectivity index (χ3v) is 3.31. The van der Waals surface area contributed by atoms with E-state index in [2.05, 4.69) is 24.3 Å². The monoisotopic (exact) mass is 192 g/mol. The van der Waals surface area contributed by atoms with Gasteiger partial charge in [-0.3, -0.25) is 4.79 Å². The Bertz CT molecular complexity index is 256. The fourth-order valence-corrected chi connectivity index (χ4v) is 2.59. The van der Waals surface area contributed by atoms with Crippen LogP contribution < -0.4 is 0 Å². The second-order valence-electron chi connectivity index (χ2n) is 4.20. The van der Waals surface area contributed by atoms with Crippen LogP contribution in [0.1, 0.15) is 25.7 Å². The number of carboxylic acids is 1. The molecular weight excluding hydrogens is 176 g/mol. The van der Waals surface area contributed by atoms with Gasteiger partial charge in [-0.25, -0.2) is 0 Å². The van der Waals surface area contributed by atoms with Crippen LogP contribution >= 0.6 is 0 Å². The molecule has 2 aliphatic rings. The number of allylic oxidation sites excluding steroid dienone is 4. The average molecular weight is 192 g/mol. The van der Waals surface area contributed by atoms with E-state index in [1.165, 1.54) is 0 Å². The van der Waals surface area contributed by atoms with E-state index in [4.69, 9.17) is 0 Å². The van der Waals surface area contributed by atoms with Crippen LogP contribution in [0, 0.1) is 17.8 Å². The molecule has 0 saturated heterocycles. The second-order valence-corrected chi connectivity index (χ2v) is 4.20. The van der Waals surface area contributed by atoms with E-state index in [1.807, 2.05) is 0 Å². The van der Waals surface area contributed by atoms with Crippen molar-refractivity contribution in [1.29, 1.82) is 0 Å². The number of aliphatic carboxylic acids is 1. The fourth-order valence-electron chi connectivity index (χ4n) is 2.59. The minimum absolute atomic E-state index is 0.188. The van der Waals surface area contributed by atoms with Crippen LogP contribution in [0.15, 0.2) is 24.3 Å². The summed E-state index contributed by atoms with van der Waals surface area (Å²) in [6, 6.07) is 0. The Hall–Kier alpha value is -1.05. The molecule has 76 valence electrons. The first-order valence-corrected chi connectivity index (χ1v) is 5.35. The molecule has 1 N–H and O–H groups in total. The minimum atomic E-state index is -0.627. The zero-order valence-corrected chi connectivity index (χ0v) is 8.23. The highest BCUT2D eigenvalue weighted by Crippen LogP contribution is 2.36. The molecule has 0 aliphatic heterocycles. The lowest BCUT2D eigenvalue weighted by Crippen LogP contribution is -2.27. The summed E-state index contributed by atoms with van der Waals surface area (Å²) in [4.78, 5) is 11.2. The van der Waals surface area contributed by atoms with Crippen LogP contribution in [-0.2, 0) is 4.79 Å². The Balaban J connectivity index is 2.10. The van der Waals surface area contributed by atoms with Gasteiger partial charge in [0.15, 0.2) is 0 Å². The van der Waals surface area contributed by atoms with Crippen molar-refractivity contribution in [3.8, 4) is 0 Å². The van der Waals surface area contributed by atoms with Gasteiger partial charge in [0.05, 0.1) is 5.92 Å². The molecular formula is C12H16O2. The van der Waals surface area contributed by atoms with Crippen molar-refractivity contribution >= 4 is 5.97 Å². The first-order chi connectivity index (χ1) is 6.79. The SMILES string of the molecule is O=C(O)C(C1C=CCC1)C1C=CCC1. The maximum absolute atomic E-state index is 11.2. The number of hydrogen-bond acceptors (Lipinski definition) is 1. The summed E-state index contributed by atoms with van der Waals surface area (Å²) in [5.74, 6) is -0.286. The molecule has 2 aliphatic carbocycles. The van der Waals surface area contributed by atoms with E-state index in [1.54, 1.807) is 0 Å². The molecule has 2 heteroatoms. The molecule has 0 radical (unpaired) electrons. The largest absolute Gasteiger partial charge is 0.481 e.